The van der Waals surface area contributed by atoms with E-state index in [1.54, 1.807) is 22.9 Å². The van der Waals surface area contributed by atoms with Crippen molar-refractivity contribution in [3.05, 3.63) is 108 Å². The molecule has 3 N–H and O–H groups in total. The molecule has 5 aromatic rings. The van der Waals surface area contributed by atoms with Gasteiger partial charge < -0.3 is 16.0 Å². The first-order chi connectivity index (χ1) is 21.2. The fraction of sp³-hybridized carbons (Fsp3) is 0.188. The molecule has 1 saturated heterocycles. The molecule has 12 heteroatoms. The van der Waals surface area contributed by atoms with Crippen LogP contribution in [0.3, 0.4) is 0 Å². The van der Waals surface area contributed by atoms with Crippen LogP contribution in [0.4, 0.5) is 23.2 Å². The number of hydrogen-bond donors (Lipinski definition) is 3. The number of benzene rings is 2. The number of nitrogens with one attached hydrogen (secondary N) is 3. The van der Waals surface area contributed by atoms with E-state index in [0.29, 0.717) is 30.0 Å². The van der Waals surface area contributed by atoms with Crippen molar-refractivity contribution in [2.45, 2.75) is 18.6 Å². The molecule has 2 aromatic carbocycles. The predicted octanol–water partition coefficient (Wildman–Crippen LogP) is 5.15. The normalized spacial score (nSPS) is 15.3. The summed E-state index contributed by atoms with van der Waals surface area (Å²) in [5.41, 5.74) is 2.06. The van der Waals surface area contributed by atoms with E-state index in [-0.39, 0.29) is 23.4 Å². The van der Waals surface area contributed by atoms with Gasteiger partial charge in [0.1, 0.15) is 11.5 Å². The average Bonchev–Trinajstić information content (AvgIpc) is 3.45. The molecule has 8 nitrogen and oxygen atoms in total. The molecule has 1 amide bonds. The summed E-state index contributed by atoms with van der Waals surface area (Å²) < 4.78 is 57.9. The van der Waals surface area contributed by atoms with Crippen molar-refractivity contribution >= 4 is 23.0 Å². The van der Waals surface area contributed by atoms with Crippen molar-refractivity contribution in [2.75, 3.05) is 25.0 Å². The molecule has 1 fully saturated rings. The Morgan fingerprint density at radius 1 is 0.977 bits per heavy atom. The molecular formula is C32H26F4N6O2. The number of imidazole rings is 1. The Kier molecular flexibility index (Phi) is 7.93. The van der Waals surface area contributed by atoms with Gasteiger partial charge in [-0.1, -0.05) is 18.2 Å². The first-order valence-corrected chi connectivity index (χ1v) is 13.8. The van der Waals surface area contributed by atoms with Gasteiger partial charge in [-0.3, -0.25) is 19.0 Å². The van der Waals surface area contributed by atoms with Crippen LogP contribution in [-0.2, 0) is 17.4 Å². The fourth-order valence-corrected chi connectivity index (χ4v) is 5.16. The average molecular weight is 603 g/mol. The summed E-state index contributed by atoms with van der Waals surface area (Å²) in [5.74, 6) is -1.92. The fourth-order valence-electron chi connectivity index (χ4n) is 5.16. The molecular weight excluding hydrogens is 576 g/mol. The number of hydrogen-bond acceptors (Lipinski definition) is 6. The van der Waals surface area contributed by atoms with Gasteiger partial charge in [0.25, 0.3) is 0 Å². The Morgan fingerprint density at radius 3 is 2.57 bits per heavy atom. The second-order valence-corrected chi connectivity index (χ2v) is 10.4. The molecule has 6 rings (SSSR count). The maximum atomic E-state index is 15.2. The van der Waals surface area contributed by atoms with Gasteiger partial charge in [0.05, 0.1) is 35.6 Å². The molecule has 1 aliphatic heterocycles. The van der Waals surface area contributed by atoms with Crippen molar-refractivity contribution in [3.63, 3.8) is 0 Å². The van der Waals surface area contributed by atoms with Gasteiger partial charge in [-0.2, -0.15) is 13.2 Å². The van der Waals surface area contributed by atoms with Crippen LogP contribution >= 0.6 is 0 Å². The lowest BCUT2D eigenvalue weighted by molar-refractivity contribution is -0.137. The molecule has 0 aliphatic carbocycles. The number of amides is 1. The van der Waals surface area contributed by atoms with E-state index >= 15 is 4.39 Å². The zero-order valence-corrected chi connectivity index (χ0v) is 23.2. The Bertz CT molecular complexity index is 1850. The zero-order chi connectivity index (χ0) is 30.8. The highest BCUT2D eigenvalue weighted by molar-refractivity contribution is 6.02. The first-order valence-electron chi connectivity index (χ1n) is 13.8. The molecule has 4 heterocycles. The first kappa shape index (κ1) is 29.1. The number of anilines is 1. The second kappa shape index (κ2) is 12.0. The van der Waals surface area contributed by atoms with Crippen LogP contribution in [0.1, 0.15) is 21.5 Å². The number of piperazine rings is 1. The summed E-state index contributed by atoms with van der Waals surface area (Å²) in [6, 6.07) is 15.8. The van der Waals surface area contributed by atoms with Gasteiger partial charge >= 0.3 is 6.18 Å². The van der Waals surface area contributed by atoms with E-state index in [4.69, 9.17) is 0 Å². The van der Waals surface area contributed by atoms with Gasteiger partial charge in [0, 0.05) is 54.4 Å². The van der Waals surface area contributed by atoms with Crippen molar-refractivity contribution in [1.82, 2.24) is 25.0 Å². The summed E-state index contributed by atoms with van der Waals surface area (Å²) in [7, 11) is 0. The second-order valence-electron chi connectivity index (χ2n) is 10.4. The highest BCUT2D eigenvalue weighted by Gasteiger charge is 2.33. The quantitative estimate of drug-likeness (QED) is 0.176. The molecule has 224 valence electrons. The molecule has 1 aliphatic rings. The summed E-state index contributed by atoms with van der Waals surface area (Å²) in [6.07, 6.45) is -0.0408. The molecule has 0 saturated carbocycles. The number of fused-ring (bicyclic) bond motifs is 1. The SMILES string of the molecule is O=C(Cc1ccc(-c2cnc3cc(-c4ccccn4)ccn23)cc1F)Nc1cc(C(=O)C2CNCCN2)cc(C(F)(F)F)c1. The number of ketones is 1. The minimum Gasteiger partial charge on any atom is -0.326 e. The Hall–Kier alpha value is -4.94. The Morgan fingerprint density at radius 2 is 1.84 bits per heavy atom. The van der Waals surface area contributed by atoms with Gasteiger partial charge in [0.15, 0.2) is 5.78 Å². The maximum Gasteiger partial charge on any atom is 0.416 e. The molecule has 0 spiro atoms. The van der Waals surface area contributed by atoms with Crippen molar-refractivity contribution in [1.29, 1.82) is 0 Å². The standard InChI is InChI=1S/C32H26F4N6O2/c33-25-13-21(28-18-40-29-14-20(6-10-42(28)29)26-3-1-2-7-38-26)5-4-19(25)15-30(43)41-24-12-22(11-23(16-24)32(34,35)36)31(44)27-17-37-8-9-39-27/h1-7,10-14,16,18,27,37,39H,8-9,15,17H2,(H,41,43). The Labute approximate surface area is 249 Å². The number of carbonyl (C=O) groups is 2. The number of rotatable bonds is 7. The summed E-state index contributed by atoms with van der Waals surface area (Å²) in [4.78, 5) is 34.5. The summed E-state index contributed by atoms with van der Waals surface area (Å²) in [5, 5.41) is 8.40. The monoisotopic (exact) mass is 602 g/mol. The summed E-state index contributed by atoms with van der Waals surface area (Å²) in [6.45, 7) is 1.40. The Balaban J connectivity index is 1.19. The number of nitrogens with zero attached hydrogens (tertiary/aromatic N) is 3. The number of alkyl halides is 3. The maximum absolute atomic E-state index is 15.2. The molecule has 1 unspecified atom stereocenters. The van der Waals surface area contributed by atoms with Crippen LogP contribution in [0.25, 0.3) is 28.2 Å². The molecule has 3 aromatic heterocycles. The minimum atomic E-state index is -4.74. The topological polar surface area (TPSA) is 100 Å². The lowest BCUT2D eigenvalue weighted by Gasteiger charge is -2.24. The predicted molar refractivity (Wildman–Crippen MR) is 157 cm³/mol. The van der Waals surface area contributed by atoms with E-state index in [9.17, 15) is 22.8 Å². The van der Waals surface area contributed by atoms with Crippen molar-refractivity contribution < 1.29 is 27.2 Å². The number of pyridine rings is 2. The highest BCUT2D eigenvalue weighted by atomic mass is 19.4. The van der Waals surface area contributed by atoms with E-state index in [1.165, 1.54) is 18.2 Å². The minimum absolute atomic E-state index is 0.0539. The molecule has 44 heavy (non-hydrogen) atoms. The van der Waals surface area contributed by atoms with Crippen LogP contribution in [0.5, 0.6) is 0 Å². The molecule has 1 atom stereocenters. The van der Waals surface area contributed by atoms with E-state index < -0.39 is 41.7 Å². The van der Waals surface area contributed by atoms with Gasteiger partial charge in [-0.25, -0.2) is 9.37 Å². The third-order valence-corrected chi connectivity index (χ3v) is 7.36. The van der Waals surface area contributed by atoms with Gasteiger partial charge in [0.2, 0.25) is 5.91 Å². The summed E-state index contributed by atoms with van der Waals surface area (Å²) >= 11 is 0. The number of halogens is 4. The number of carbonyl (C=O) groups excluding carboxylic acids is 2. The molecule has 0 radical (unpaired) electrons. The van der Waals surface area contributed by atoms with Gasteiger partial charge in [-0.15, -0.1) is 0 Å². The van der Waals surface area contributed by atoms with Crippen molar-refractivity contribution in [2.24, 2.45) is 0 Å². The third kappa shape index (κ3) is 6.21. The number of Topliss-reactive ketones (excluding diaryl/α,β-unsaturated/α-hetero) is 1. The van der Waals surface area contributed by atoms with Crippen LogP contribution in [0.2, 0.25) is 0 Å². The van der Waals surface area contributed by atoms with Crippen LogP contribution in [-0.4, -0.2) is 51.7 Å². The lowest BCUT2D eigenvalue weighted by atomic mass is 9.99. The third-order valence-electron chi connectivity index (χ3n) is 7.36. The van der Waals surface area contributed by atoms with E-state index in [0.717, 1.165) is 23.4 Å². The van der Waals surface area contributed by atoms with Crippen LogP contribution in [0.15, 0.2) is 85.3 Å². The van der Waals surface area contributed by atoms with Gasteiger partial charge in [-0.05, 0) is 54.1 Å². The highest BCUT2D eigenvalue weighted by Crippen LogP contribution is 2.33. The largest absolute Gasteiger partial charge is 0.416 e. The van der Waals surface area contributed by atoms with Crippen LogP contribution in [0, 0.1) is 5.82 Å². The number of aromatic nitrogens is 3. The van der Waals surface area contributed by atoms with Crippen LogP contribution < -0.4 is 16.0 Å². The molecule has 0 bridgehead atoms. The smallest absolute Gasteiger partial charge is 0.326 e. The van der Waals surface area contributed by atoms with Crippen molar-refractivity contribution in [3.8, 4) is 22.5 Å². The zero-order valence-electron chi connectivity index (χ0n) is 23.2. The lowest BCUT2D eigenvalue weighted by Crippen LogP contribution is -2.52. The van der Waals surface area contributed by atoms with E-state index in [2.05, 4.69) is 25.9 Å². The van der Waals surface area contributed by atoms with E-state index in [1.807, 2.05) is 36.5 Å².